The molecule has 0 saturated carbocycles. The molecule has 4 nitrogen and oxygen atoms in total. The molecule has 0 fully saturated rings. The maximum Gasteiger partial charge on any atom is 0.360 e. The van der Waals surface area contributed by atoms with Crippen LogP contribution in [0.1, 0.15) is 295 Å². The minimum absolute atomic E-state index is 0.00723. The monoisotopic (exact) mass is 967 g/mol. The summed E-state index contributed by atoms with van der Waals surface area (Å²) in [5.74, 6) is 2.96. The molecule has 386 valence electrons. The lowest BCUT2D eigenvalue weighted by Gasteiger charge is -2.19. The van der Waals surface area contributed by atoms with E-state index in [0.717, 1.165) is 49.4 Å². The van der Waals surface area contributed by atoms with Crippen molar-refractivity contribution >= 4 is 24.9 Å². The quantitative estimate of drug-likeness (QED) is 0.0376. The zero-order valence-electron chi connectivity index (χ0n) is 44.4. The maximum absolute atomic E-state index is 12.1. The van der Waals surface area contributed by atoms with E-state index >= 15 is 0 Å². The van der Waals surface area contributed by atoms with Gasteiger partial charge in [0.1, 0.15) is 11.5 Å². The summed E-state index contributed by atoms with van der Waals surface area (Å²) < 4.78 is 18.9. The van der Waals surface area contributed by atoms with Crippen molar-refractivity contribution in [1.82, 2.24) is 0 Å². The average molecular weight is 968 g/mol. The zero-order valence-corrected chi connectivity index (χ0v) is 46.1. The number of rotatable bonds is 51. The summed E-state index contributed by atoms with van der Waals surface area (Å²) >= 11 is 1.87. The predicted molar refractivity (Wildman–Crippen MR) is 298 cm³/mol. The lowest BCUT2D eigenvalue weighted by Crippen LogP contribution is -2.05. The number of unbranched alkanes of at least 4 members (excludes halogenated alkanes) is 36. The second-order valence-electron chi connectivity index (χ2n) is 20.1. The Bertz CT molecular complexity index is 1280. The van der Waals surface area contributed by atoms with Gasteiger partial charge in [0.25, 0.3) is 0 Å². The molecule has 6 heteroatoms. The van der Waals surface area contributed by atoms with Crippen molar-refractivity contribution in [3.63, 3.8) is 0 Å². The number of benzene rings is 2. The summed E-state index contributed by atoms with van der Waals surface area (Å²) in [4.78, 5) is 12.1. The Morgan fingerprint density at radius 3 is 1.12 bits per heavy atom. The Hall–Kier alpha value is -1.71. The number of ether oxygens (including phenoxy) is 1. The summed E-state index contributed by atoms with van der Waals surface area (Å²) in [7, 11) is -1.16. The van der Waals surface area contributed by atoms with E-state index in [9.17, 15) is 4.79 Å². The number of hydrogen-bond acceptors (Lipinski definition) is 5. The Balaban J connectivity index is 1.66. The first-order chi connectivity index (χ1) is 33.1. The molecular weight excluding hydrogens is 860 g/mol. The van der Waals surface area contributed by atoms with Gasteiger partial charge < -0.3 is 13.8 Å². The summed E-state index contributed by atoms with van der Waals surface area (Å²) in [6.07, 6.45) is 55.6. The molecule has 2 aromatic rings. The number of carbonyl (C=O) groups excluding carboxylic acids is 1. The van der Waals surface area contributed by atoms with E-state index in [-0.39, 0.29) is 5.97 Å². The van der Waals surface area contributed by atoms with E-state index in [1.165, 1.54) is 249 Å². The molecule has 0 aliphatic carbocycles. The molecule has 0 bridgehead atoms. The average Bonchev–Trinajstić information content (AvgIpc) is 3.33. The Kier molecular flexibility index (Phi) is 43.9. The van der Waals surface area contributed by atoms with E-state index < -0.39 is 7.58 Å². The Morgan fingerprint density at radius 1 is 0.403 bits per heavy atom. The zero-order chi connectivity index (χ0) is 47.8. The molecule has 0 radical (unpaired) electrons. The summed E-state index contributed by atoms with van der Waals surface area (Å²) in [6.45, 7) is 7.48. The van der Waals surface area contributed by atoms with Crippen molar-refractivity contribution in [3.05, 3.63) is 59.7 Å². The number of carbonyl (C=O) groups is 1. The molecule has 0 aliphatic rings. The molecule has 0 heterocycles. The van der Waals surface area contributed by atoms with Crippen molar-refractivity contribution < 1.29 is 18.6 Å². The van der Waals surface area contributed by atoms with Crippen LogP contribution in [0.4, 0.5) is 0 Å². The van der Waals surface area contributed by atoms with Gasteiger partial charge in [-0.2, -0.15) is 0 Å². The van der Waals surface area contributed by atoms with Gasteiger partial charge in [0, 0.05) is 12.2 Å². The van der Waals surface area contributed by atoms with E-state index in [1.807, 2.05) is 11.4 Å². The molecule has 0 aliphatic heterocycles. The third-order valence-corrected chi connectivity index (χ3v) is 16.6. The third kappa shape index (κ3) is 39.7. The van der Waals surface area contributed by atoms with Gasteiger partial charge in [-0.05, 0) is 91.7 Å². The molecule has 0 saturated heterocycles. The van der Waals surface area contributed by atoms with Crippen LogP contribution in [0.25, 0.3) is 0 Å². The van der Waals surface area contributed by atoms with E-state index in [0.29, 0.717) is 13.0 Å². The van der Waals surface area contributed by atoms with Crippen LogP contribution in [0.2, 0.25) is 0 Å². The van der Waals surface area contributed by atoms with Crippen molar-refractivity contribution in [2.75, 3.05) is 12.4 Å². The van der Waals surface area contributed by atoms with Crippen LogP contribution in [-0.4, -0.2) is 18.3 Å². The minimum atomic E-state index is -1.16. The van der Waals surface area contributed by atoms with Gasteiger partial charge in [0.2, 0.25) is 0 Å². The number of esters is 1. The molecule has 0 spiro atoms. The molecule has 0 atom stereocenters. The van der Waals surface area contributed by atoms with Crippen molar-refractivity contribution in [2.24, 2.45) is 0 Å². The van der Waals surface area contributed by atoms with Gasteiger partial charge >= 0.3 is 13.5 Å². The maximum atomic E-state index is 12.1. The van der Waals surface area contributed by atoms with Gasteiger partial charge in [-0.3, -0.25) is 4.79 Å². The Morgan fingerprint density at radius 2 is 0.731 bits per heavy atom. The normalized spacial score (nSPS) is 11.5. The SMILES string of the molecule is CCCCCCCCCCCCOC(=O)CCCCCCCCCCCCSP(Oc1cccc(CCCCCCCCCCCC)c1)Oc1cccc(CCCCCCCCCCCC)c1. The first-order valence-electron chi connectivity index (χ1n) is 29.3. The van der Waals surface area contributed by atoms with Gasteiger partial charge in [-0.1, -0.05) is 270 Å². The van der Waals surface area contributed by atoms with E-state index in [4.69, 9.17) is 13.8 Å². The van der Waals surface area contributed by atoms with Crippen molar-refractivity contribution in [2.45, 2.75) is 297 Å². The van der Waals surface area contributed by atoms with Gasteiger partial charge in [-0.25, -0.2) is 0 Å². The highest BCUT2D eigenvalue weighted by Crippen LogP contribution is 2.52. The molecule has 2 rings (SSSR count). The number of aryl methyl sites for hydroxylation is 2. The molecule has 0 amide bonds. The van der Waals surface area contributed by atoms with Crippen LogP contribution >= 0.6 is 19.0 Å². The number of hydrogen-bond donors (Lipinski definition) is 0. The largest absolute Gasteiger partial charge is 0.466 e. The fraction of sp³-hybridized carbons (Fsp3) is 0.787. The van der Waals surface area contributed by atoms with Gasteiger partial charge in [-0.15, -0.1) is 0 Å². The topological polar surface area (TPSA) is 44.8 Å². The standard InChI is InChI=1S/C61H107O4PS/c1-4-7-10-13-16-19-24-29-34-39-46-57-48-44-50-59(55-57)64-66(65-60-51-45-49-58(56-60)47-40-35-30-25-20-17-14-11-8-5-2)67-54-43-38-33-28-23-22-26-31-36-41-52-61(62)63-53-42-37-32-27-21-18-15-12-9-6-3/h44-45,48-51,55-56H,4-43,46-47,52-54H2,1-3H3. The lowest BCUT2D eigenvalue weighted by atomic mass is 10.0. The lowest BCUT2D eigenvalue weighted by molar-refractivity contribution is -0.143. The van der Waals surface area contributed by atoms with E-state index in [1.54, 1.807) is 0 Å². The second kappa shape index (κ2) is 47.9. The molecular formula is C61H107O4PS. The van der Waals surface area contributed by atoms with Crippen molar-refractivity contribution in [3.8, 4) is 11.5 Å². The second-order valence-corrected chi connectivity index (χ2v) is 23.2. The van der Waals surface area contributed by atoms with Crippen LogP contribution in [0, 0.1) is 0 Å². The third-order valence-electron chi connectivity index (χ3n) is 13.5. The first-order valence-corrected chi connectivity index (χ1v) is 32.0. The predicted octanol–water partition coefficient (Wildman–Crippen LogP) is 21.8. The van der Waals surface area contributed by atoms with Crippen molar-refractivity contribution in [1.29, 1.82) is 0 Å². The minimum Gasteiger partial charge on any atom is -0.466 e. The van der Waals surface area contributed by atoms with Gasteiger partial charge in [0.15, 0.2) is 0 Å². The molecule has 0 N–H and O–H groups in total. The van der Waals surface area contributed by atoms with Crippen LogP contribution < -0.4 is 9.05 Å². The van der Waals surface area contributed by atoms with Crippen LogP contribution in [0.5, 0.6) is 11.5 Å². The Labute approximate surface area is 421 Å². The molecule has 2 aromatic carbocycles. The van der Waals surface area contributed by atoms with Gasteiger partial charge in [0.05, 0.1) is 6.61 Å². The van der Waals surface area contributed by atoms with Crippen LogP contribution in [-0.2, 0) is 22.4 Å². The molecule has 67 heavy (non-hydrogen) atoms. The summed E-state index contributed by atoms with van der Waals surface area (Å²) in [5, 5.41) is 0. The smallest absolute Gasteiger partial charge is 0.360 e. The fourth-order valence-electron chi connectivity index (χ4n) is 9.16. The van der Waals surface area contributed by atoms with Crippen LogP contribution in [0.3, 0.4) is 0 Å². The highest BCUT2D eigenvalue weighted by molar-refractivity contribution is 8.53. The fourth-order valence-corrected chi connectivity index (χ4v) is 12.0. The highest BCUT2D eigenvalue weighted by Gasteiger charge is 2.17. The molecule has 0 aromatic heterocycles. The summed E-state index contributed by atoms with van der Waals surface area (Å²) in [5.41, 5.74) is 2.76. The molecule has 0 unspecified atom stereocenters. The summed E-state index contributed by atoms with van der Waals surface area (Å²) in [6, 6.07) is 17.7. The highest BCUT2D eigenvalue weighted by atomic mass is 32.7. The first kappa shape index (κ1) is 61.4. The van der Waals surface area contributed by atoms with E-state index in [2.05, 4.69) is 69.3 Å². The van der Waals surface area contributed by atoms with Crippen LogP contribution in [0.15, 0.2) is 48.5 Å².